The first kappa shape index (κ1) is 18.6. The van der Waals surface area contributed by atoms with Crippen LogP contribution in [0.4, 0.5) is 4.39 Å². The van der Waals surface area contributed by atoms with Gasteiger partial charge in [0.05, 0.1) is 31.0 Å². The lowest BCUT2D eigenvalue weighted by Crippen LogP contribution is -2.48. The second-order valence-corrected chi connectivity index (χ2v) is 8.32. The van der Waals surface area contributed by atoms with Gasteiger partial charge in [0.1, 0.15) is 24.1 Å². The van der Waals surface area contributed by atoms with E-state index in [0.717, 1.165) is 5.75 Å². The maximum absolute atomic E-state index is 13.5. The van der Waals surface area contributed by atoms with Crippen LogP contribution in [0.2, 0.25) is 0 Å². The van der Waals surface area contributed by atoms with Gasteiger partial charge in [0.2, 0.25) is 11.8 Å². The van der Waals surface area contributed by atoms with E-state index in [-0.39, 0.29) is 17.9 Å². The van der Waals surface area contributed by atoms with E-state index >= 15 is 0 Å². The molecule has 0 aromatic heterocycles. The number of carbonyl (C=O) groups is 2. The lowest BCUT2D eigenvalue weighted by molar-refractivity contribution is -0.144. The van der Waals surface area contributed by atoms with E-state index in [1.54, 1.807) is 9.80 Å². The zero-order valence-corrected chi connectivity index (χ0v) is 16.2. The summed E-state index contributed by atoms with van der Waals surface area (Å²) in [7, 11) is 0. The molecule has 0 radical (unpaired) electrons. The van der Waals surface area contributed by atoms with Gasteiger partial charge < -0.3 is 19.3 Å². The molecule has 1 spiro atoms. The van der Waals surface area contributed by atoms with Crippen molar-refractivity contribution in [2.24, 2.45) is 11.8 Å². The molecule has 2 bridgehead atoms. The van der Waals surface area contributed by atoms with E-state index in [1.807, 2.05) is 42.5 Å². The summed E-state index contributed by atoms with van der Waals surface area (Å²) in [4.78, 5) is 29.8. The first-order valence-electron chi connectivity index (χ1n) is 10.3. The van der Waals surface area contributed by atoms with Gasteiger partial charge in [-0.2, -0.15) is 0 Å². The quantitative estimate of drug-likeness (QED) is 0.708. The van der Waals surface area contributed by atoms with Crippen molar-refractivity contribution < 1.29 is 23.5 Å². The maximum Gasteiger partial charge on any atom is 0.230 e. The third-order valence-corrected chi connectivity index (χ3v) is 6.57. The minimum atomic E-state index is -0.838. The highest BCUT2D eigenvalue weighted by molar-refractivity contribution is 5.93. The molecule has 0 N–H and O–H groups in total. The Morgan fingerprint density at radius 1 is 1.24 bits per heavy atom. The molecule has 4 atom stereocenters. The highest BCUT2D eigenvalue weighted by Gasteiger charge is 2.67. The second-order valence-electron chi connectivity index (χ2n) is 8.32. The molecule has 3 saturated heterocycles. The molecule has 6 nitrogen and oxygen atoms in total. The second kappa shape index (κ2) is 7.13. The number of rotatable bonds is 5. The van der Waals surface area contributed by atoms with Crippen LogP contribution in [0, 0.1) is 11.8 Å². The fourth-order valence-electron chi connectivity index (χ4n) is 5.12. The summed E-state index contributed by atoms with van der Waals surface area (Å²) in [5.74, 6) is -0.367. The van der Waals surface area contributed by atoms with E-state index in [2.05, 4.69) is 0 Å². The van der Waals surface area contributed by atoms with Gasteiger partial charge in [0, 0.05) is 13.1 Å². The van der Waals surface area contributed by atoms with Crippen LogP contribution < -0.4 is 4.74 Å². The first-order valence-corrected chi connectivity index (χ1v) is 10.3. The molecule has 0 aliphatic carbocycles. The van der Waals surface area contributed by atoms with Crippen molar-refractivity contribution >= 4 is 11.8 Å². The molecule has 2 amide bonds. The van der Waals surface area contributed by atoms with Gasteiger partial charge >= 0.3 is 0 Å². The van der Waals surface area contributed by atoms with Crippen molar-refractivity contribution in [3.63, 3.8) is 0 Å². The summed E-state index contributed by atoms with van der Waals surface area (Å²) < 4.78 is 25.4. The van der Waals surface area contributed by atoms with Gasteiger partial charge in [0.15, 0.2) is 0 Å². The molecule has 4 aliphatic rings. The number of para-hydroxylation sites is 1. The molecule has 4 heterocycles. The van der Waals surface area contributed by atoms with E-state index in [0.29, 0.717) is 45.6 Å². The largest absolute Gasteiger partial charge is 0.492 e. The molecule has 0 unspecified atom stereocenters. The number of alkyl halides is 1. The summed E-state index contributed by atoms with van der Waals surface area (Å²) in [6.07, 6.45) is 3.41. The minimum Gasteiger partial charge on any atom is -0.492 e. The third kappa shape index (κ3) is 3.12. The first-order chi connectivity index (χ1) is 14.1. The molecular weight excluding hydrogens is 375 g/mol. The van der Waals surface area contributed by atoms with Crippen LogP contribution in [0.3, 0.4) is 0 Å². The molecule has 5 rings (SSSR count). The Labute approximate surface area is 169 Å². The van der Waals surface area contributed by atoms with Crippen LogP contribution in [0.1, 0.15) is 12.8 Å². The van der Waals surface area contributed by atoms with Gasteiger partial charge in [0.25, 0.3) is 0 Å². The Balaban J connectivity index is 1.27. The number of nitrogens with zero attached hydrogens (tertiary/aromatic N) is 2. The van der Waals surface area contributed by atoms with E-state index in [9.17, 15) is 14.0 Å². The molecule has 7 heteroatoms. The molecule has 154 valence electrons. The Morgan fingerprint density at radius 3 is 2.76 bits per heavy atom. The number of piperidine rings is 1. The SMILES string of the molecule is O=C([C@@H]1[C@@H]2C=C[C@@]3(CN(CCOc4ccccc4)C(=O)[C@@H]13)O2)N1CCC(F)CC1. The Bertz CT molecular complexity index is 823. The van der Waals surface area contributed by atoms with E-state index in [4.69, 9.17) is 9.47 Å². The van der Waals surface area contributed by atoms with Crippen LogP contribution in [0.15, 0.2) is 42.5 Å². The number of benzene rings is 1. The normalized spacial score (nSPS) is 33.4. The van der Waals surface area contributed by atoms with Gasteiger partial charge in [-0.05, 0) is 25.0 Å². The Hall–Kier alpha value is -2.41. The van der Waals surface area contributed by atoms with E-state index in [1.165, 1.54) is 0 Å². The topological polar surface area (TPSA) is 59.1 Å². The number of fused-ring (bicyclic) bond motifs is 1. The summed E-state index contributed by atoms with van der Waals surface area (Å²) in [5, 5.41) is 0. The minimum absolute atomic E-state index is 0.0489. The molecule has 1 aromatic carbocycles. The number of hydrogen-bond donors (Lipinski definition) is 0. The number of carbonyl (C=O) groups excluding carboxylic acids is 2. The molecule has 3 fully saturated rings. The number of hydrogen-bond acceptors (Lipinski definition) is 4. The summed E-state index contributed by atoms with van der Waals surface area (Å²) >= 11 is 0. The fraction of sp³-hybridized carbons (Fsp3) is 0.545. The predicted molar refractivity (Wildman–Crippen MR) is 103 cm³/mol. The van der Waals surface area contributed by atoms with Crippen molar-refractivity contribution in [3.8, 4) is 5.75 Å². The van der Waals surface area contributed by atoms with Crippen molar-refractivity contribution in [3.05, 3.63) is 42.5 Å². The number of halogens is 1. The van der Waals surface area contributed by atoms with Crippen molar-refractivity contribution in [1.82, 2.24) is 9.80 Å². The number of ether oxygens (including phenoxy) is 2. The van der Waals surface area contributed by atoms with Gasteiger partial charge in [-0.1, -0.05) is 30.4 Å². The van der Waals surface area contributed by atoms with Crippen LogP contribution in [0.5, 0.6) is 5.75 Å². The Morgan fingerprint density at radius 2 is 2.00 bits per heavy atom. The fourth-order valence-corrected chi connectivity index (χ4v) is 5.12. The standard InChI is InChI=1S/C22H25FN2O4/c23-15-7-10-24(11-8-15)20(26)18-17-6-9-22(29-17)14-25(21(27)19(18)22)12-13-28-16-4-2-1-3-5-16/h1-6,9,15,17-19H,7-8,10-14H2/t17-,18+,19+,22-/m0/s1. The lowest BCUT2D eigenvalue weighted by atomic mass is 9.76. The maximum atomic E-state index is 13.5. The smallest absolute Gasteiger partial charge is 0.230 e. The zero-order valence-electron chi connectivity index (χ0n) is 16.2. The third-order valence-electron chi connectivity index (χ3n) is 6.57. The van der Waals surface area contributed by atoms with E-state index < -0.39 is 23.6 Å². The van der Waals surface area contributed by atoms with Gasteiger partial charge in [-0.15, -0.1) is 0 Å². The molecular formula is C22H25FN2O4. The van der Waals surface area contributed by atoms with Crippen LogP contribution in [0.25, 0.3) is 0 Å². The average Bonchev–Trinajstić information content (AvgIpc) is 3.37. The zero-order chi connectivity index (χ0) is 20.0. The number of amides is 2. The van der Waals surface area contributed by atoms with Crippen molar-refractivity contribution in [2.75, 3.05) is 32.8 Å². The highest BCUT2D eigenvalue weighted by Crippen LogP contribution is 2.52. The average molecular weight is 400 g/mol. The van der Waals surface area contributed by atoms with Crippen LogP contribution in [-0.2, 0) is 14.3 Å². The molecule has 4 aliphatic heterocycles. The highest BCUT2D eigenvalue weighted by atomic mass is 19.1. The number of likely N-dealkylation sites (tertiary alicyclic amines) is 2. The molecule has 0 saturated carbocycles. The van der Waals surface area contributed by atoms with Gasteiger partial charge in [-0.25, -0.2) is 4.39 Å². The Kier molecular flexibility index (Phi) is 4.57. The van der Waals surface area contributed by atoms with Gasteiger partial charge in [-0.3, -0.25) is 9.59 Å². The summed E-state index contributed by atoms with van der Waals surface area (Å²) in [5.41, 5.74) is -0.715. The summed E-state index contributed by atoms with van der Waals surface area (Å²) in [6, 6.07) is 9.48. The molecule has 29 heavy (non-hydrogen) atoms. The van der Waals surface area contributed by atoms with Crippen molar-refractivity contribution in [2.45, 2.75) is 30.7 Å². The lowest BCUT2D eigenvalue weighted by Gasteiger charge is -2.33. The molecule has 1 aromatic rings. The predicted octanol–water partition coefficient (Wildman–Crippen LogP) is 1.81. The summed E-state index contributed by atoms with van der Waals surface area (Å²) in [6.45, 7) is 2.10. The van der Waals surface area contributed by atoms with Crippen LogP contribution in [-0.4, -0.2) is 72.3 Å². The van der Waals surface area contributed by atoms with Crippen LogP contribution >= 0.6 is 0 Å². The van der Waals surface area contributed by atoms with Crippen molar-refractivity contribution in [1.29, 1.82) is 0 Å². The monoisotopic (exact) mass is 400 g/mol.